The van der Waals surface area contributed by atoms with Gasteiger partial charge < -0.3 is 10.1 Å². The number of amides is 1. The topological polar surface area (TPSA) is 55.4 Å². The number of esters is 1. The van der Waals surface area contributed by atoms with Crippen molar-refractivity contribution in [2.24, 2.45) is 0 Å². The standard InChI is InChI=1S/C17H27NO3/c1-5-6-7-8-9-10-11-12-13-14(2)16(19)18-15(3)17(20)21-4/h11-13H,3,5-10H2,1-2,4H3,(H,18,19)/b12-11+,14-13+. The predicted octanol–water partition coefficient (Wildman–Crippen LogP) is 3.65. The molecule has 0 aromatic rings. The number of hydrogen-bond acceptors (Lipinski definition) is 3. The number of unbranched alkanes of at least 4 members (excludes halogenated alkanes) is 5. The van der Waals surface area contributed by atoms with Gasteiger partial charge in [-0.3, -0.25) is 4.79 Å². The molecule has 0 radical (unpaired) electrons. The molecule has 0 spiro atoms. The summed E-state index contributed by atoms with van der Waals surface area (Å²) in [5, 5.41) is 2.40. The lowest BCUT2D eigenvalue weighted by atomic mass is 10.1. The summed E-state index contributed by atoms with van der Waals surface area (Å²) >= 11 is 0. The molecule has 0 heterocycles. The van der Waals surface area contributed by atoms with E-state index in [9.17, 15) is 9.59 Å². The maximum atomic E-state index is 11.7. The highest BCUT2D eigenvalue weighted by atomic mass is 16.5. The van der Waals surface area contributed by atoms with Crippen LogP contribution in [0.2, 0.25) is 0 Å². The van der Waals surface area contributed by atoms with Crippen LogP contribution in [0.3, 0.4) is 0 Å². The van der Waals surface area contributed by atoms with Gasteiger partial charge in [-0.1, -0.05) is 57.4 Å². The molecule has 0 aliphatic carbocycles. The normalized spacial score (nSPS) is 11.5. The minimum atomic E-state index is -0.640. The molecule has 0 fully saturated rings. The fraction of sp³-hybridized carbons (Fsp3) is 0.529. The molecular formula is C17H27NO3. The lowest BCUT2D eigenvalue weighted by Gasteiger charge is -2.05. The van der Waals surface area contributed by atoms with Crippen molar-refractivity contribution in [2.45, 2.75) is 52.4 Å². The summed E-state index contributed by atoms with van der Waals surface area (Å²) in [6.07, 6.45) is 12.9. The Labute approximate surface area is 127 Å². The minimum absolute atomic E-state index is 0.0600. The molecular weight excluding hydrogens is 266 g/mol. The maximum Gasteiger partial charge on any atom is 0.353 e. The van der Waals surface area contributed by atoms with Crippen LogP contribution in [0.4, 0.5) is 0 Å². The van der Waals surface area contributed by atoms with E-state index in [0.717, 1.165) is 6.42 Å². The summed E-state index contributed by atoms with van der Waals surface area (Å²) in [7, 11) is 1.24. The van der Waals surface area contributed by atoms with Crippen LogP contribution in [-0.4, -0.2) is 19.0 Å². The molecule has 0 aromatic carbocycles. The summed E-state index contributed by atoms with van der Waals surface area (Å²) in [6, 6.07) is 0. The first-order valence-corrected chi connectivity index (χ1v) is 7.44. The second-order valence-electron chi connectivity index (χ2n) is 4.90. The Hall–Kier alpha value is -1.84. The second kappa shape index (κ2) is 11.9. The van der Waals surface area contributed by atoms with Crippen molar-refractivity contribution in [3.8, 4) is 0 Å². The van der Waals surface area contributed by atoms with E-state index >= 15 is 0 Å². The van der Waals surface area contributed by atoms with Crippen LogP contribution in [0.25, 0.3) is 0 Å². The highest BCUT2D eigenvalue weighted by Crippen LogP contribution is 2.05. The van der Waals surface area contributed by atoms with Crippen molar-refractivity contribution >= 4 is 11.9 Å². The number of carbonyl (C=O) groups is 2. The third kappa shape index (κ3) is 9.66. The van der Waals surface area contributed by atoms with Gasteiger partial charge in [-0.25, -0.2) is 4.79 Å². The third-order valence-electron chi connectivity index (χ3n) is 3.01. The van der Waals surface area contributed by atoms with Gasteiger partial charge in [0, 0.05) is 5.57 Å². The van der Waals surface area contributed by atoms with Crippen LogP contribution in [0.15, 0.2) is 36.1 Å². The number of rotatable bonds is 10. The highest BCUT2D eigenvalue weighted by molar-refractivity contribution is 6.00. The fourth-order valence-electron chi connectivity index (χ4n) is 1.66. The summed E-state index contributed by atoms with van der Waals surface area (Å²) < 4.78 is 4.46. The van der Waals surface area contributed by atoms with E-state index in [1.54, 1.807) is 13.0 Å². The minimum Gasteiger partial charge on any atom is -0.464 e. The van der Waals surface area contributed by atoms with Crippen LogP contribution in [-0.2, 0) is 14.3 Å². The predicted molar refractivity (Wildman–Crippen MR) is 85.6 cm³/mol. The van der Waals surface area contributed by atoms with E-state index in [2.05, 4.69) is 29.6 Å². The average molecular weight is 293 g/mol. The monoisotopic (exact) mass is 293 g/mol. The summed E-state index contributed by atoms with van der Waals surface area (Å²) in [5.41, 5.74) is 0.456. The van der Waals surface area contributed by atoms with Gasteiger partial charge in [0.25, 0.3) is 5.91 Å². The Morgan fingerprint density at radius 1 is 1.19 bits per heavy atom. The zero-order valence-corrected chi connectivity index (χ0v) is 13.4. The molecule has 0 atom stereocenters. The SMILES string of the molecule is C=C(NC(=O)/C(C)=C/C=C/CCCCCCC)C(=O)OC. The van der Waals surface area contributed by atoms with Crippen molar-refractivity contribution in [1.29, 1.82) is 0 Å². The van der Waals surface area contributed by atoms with Crippen molar-refractivity contribution in [3.05, 3.63) is 36.1 Å². The van der Waals surface area contributed by atoms with Crippen molar-refractivity contribution < 1.29 is 14.3 Å². The van der Waals surface area contributed by atoms with Gasteiger partial charge in [0.15, 0.2) is 0 Å². The first-order valence-electron chi connectivity index (χ1n) is 7.44. The smallest absolute Gasteiger partial charge is 0.353 e. The van der Waals surface area contributed by atoms with Gasteiger partial charge in [-0.05, 0) is 19.8 Å². The first kappa shape index (κ1) is 19.2. The highest BCUT2D eigenvalue weighted by Gasteiger charge is 2.11. The Bertz CT molecular complexity index is 408. The summed E-state index contributed by atoms with van der Waals surface area (Å²) in [6.45, 7) is 7.33. The molecule has 0 bridgehead atoms. The van der Waals surface area contributed by atoms with Crippen LogP contribution < -0.4 is 5.32 Å². The number of methoxy groups -OCH3 is 1. The lowest BCUT2D eigenvalue weighted by molar-refractivity contribution is -0.137. The van der Waals surface area contributed by atoms with Gasteiger partial charge in [0.2, 0.25) is 0 Å². The Morgan fingerprint density at radius 3 is 2.48 bits per heavy atom. The van der Waals surface area contributed by atoms with E-state index < -0.39 is 5.97 Å². The van der Waals surface area contributed by atoms with Crippen molar-refractivity contribution in [3.63, 3.8) is 0 Å². The Kier molecular flexibility index (Phi) is 10.9. The molecule has 0 aromatic heterocycles. The largest absolute Gasteiger partial charge is 0.464 e. The van der Waals surface area contributed by atoms with Crippen LogP contribution in [0.5, 0.6) is 0 Å². The molecule has 4 nitrogen and oxygen atoms in total. The van der Waals surface area contributed by atoms with Crippen LogP contribution in [0, 0.1) is 0 Å². The number of nitrogens with one attached hydrogen (secondary N) is 1. The summed E-state index contributed by atoms with van der Waals surface area (Å²) in [5.74, 6) is -0.989. The van der Waals surface area contributed by atoms with Crippen LogP contribution >= 0.6 is 0 Å². The molecule has 1 amide bonds. The molecule has 0 rings (SSSR count). The van der Waals surface area contributed by atoms with Crippen LogP contribution in [0.1, 0.15) is 52.4 Å². The number of carbonyl (C=O) groups excluding carboxylic acids is 2. The number of ether oxygens (including phenoxy) is 1. The molecule has 4 heteroatoms. The third-order valence-corrected chi connectivity index (χ3v) is 3.01. The zero-order valence-electron chi connectivity index (χ0n) is 13.4. The molecule has 1 N–H and O–H groups in total. The Morgan fingerprint density at radius 2 is 1.86 bits per heavy atom. The van der Waals surface area contributed by atoms with Crippen molar-refractivity contribution in [2.75, 3.05) is 7.11 Å². The van der Waals surface area contributed by atoms with E-state index in [0.29, 0.717) is 5.57 Å². The molecule has 0 aliphatic rings. The molecule has 0 unspecified atom stereocenters. The molecule has 0 aliphatic heterocycles. The van der Waals surface area contributed by atoms with E-state index in [-0.39, 0.29) is 11.6 Å². The molecule has 21 heavy (non-hydrogen) atoms. The van der Waals surface area contributed by atoms with E-state index in [4.69, 9.17) is 0 Å². The van der Waals surface area contributed by atoms with Gasteiger partial charge in [-0.15, -0.1) is 0 Å². The quantitative estimate of drug-likeness (QED) is 0.289. The van der Waals surface area contributed by atoms with Gasteiger partial charge in [0.05, 0.1) is 7.11 Å². The average Bonchev–Trinajstić information content (AvgIpc) is 2.48. The second-order valence-corrected chi connectivity index (χ2v) is 4.90. The molecule has 0 saturated carbocycles. The first-order chi connectivity index (χ1) is 10.0. The van der Waals surface area contributed by atoms with Gasteiger partial charge in [0.1, 0.15) is 5.70 Å². The number of hydrogen-bond donors (Lipinski definition) is 1. The van der Waals surface area contributed by atoms with Gasteiger partial charge in [-0.2, -0.15) is 0 Å². The van der Waals surface area contributed by atoms with Gasteiger partial charge >= 0.3 is 5.97 Å². The molecule has 118 valence electrons. The van der Waals surface area contributed by atoms with E-state index in [1.165, 1.54) is 39.2 Å². The Balaban J connectivity index is 4.03. The lowest BCUT2D eigenvalue weighted by Crippen LogP contribution is -2.27. The molecule has 0 saturated heterocycles. The zero-order chi connectivity index (χ0) is 16.1. The summed E-state index contributed by atoms with van der Waals surface area (Å²) in [4.78, 5) is 22.8. The maximum absolute atomic E-state index is 11.7. The number of allylic oxidation sites excluding steroid dienone is 3. The fourth-order valence-corrected chi connectivity index (χ4v) is 1.66. The van der Waals surface area contributed by atoms with E-state index in [1.807, 2.05) is 6.08 Å². The van der Waals surface area contributed by atoms with Crippen molar-refractivity contribution in [1.82, 2.24) is 5.32 Å².